The molecular weight excluding hydrogens is 317 g/mol. The number of benzene rings is 2. The minimum atomic E-state index is -0.282. The van der Waals surface area contributed by atoms with Crippen molar-refractivity contribution in [3.63, 3.8) is 0 Å². The summed E-state index contributed by atoms with van der Waals surface area (Å²) in [5.74, 6) is 0.0904. The molecule has 0 saturated heterocycles. The lowest BCUT2D eigenvalue weighted by Crippen LogP contribution is -2.15. The fourth-order valence-electron chi connectivity index (χ4n) is 2.32. The molecule has 0 fully saturated rings. The zero-order chi connectivity index (χ0) is 17.6. The van der Waals surface area contributed by atoms with Crippen molar-refractivity contribution in [2.75, 3.05) is 10.6 Å². The van der Waals surface area contributed by atoms with Gasteiger partial charge in [0.15, 0.2) is 0 Å². The minimum absolute atomic E-state index is 0.115. The highest BCUT2D eigenvalue weighted by Gasteiger charge is 2.05. The number of nitrogens with zero attached hydrogens (tertiary/aromatic N) is 1. The number of hydrogen-bond acceptors (Lipinski definition) is 3. The second-order valence-corrected chi connectivity index (χ2v) is 5.77. The third kappa shape index (κ3) is 4.88. The Morgan fingerprint density at radius 1 is 0.960 bits per heavy atom. The lowest BCUT2D eigenvalue weighted by atomic mass is 10.1. The number of nitrogens with one attached hydrogen (secondary N) is 2. The predicted octanol–water partition coefficient (Wildman–Crippen LogP) is 4.45. The highest BCUT2D eigenvalue weighted by molar-refractivity contribution is 5.91. The number of amides is 1. The Labute approximate surface area is 145 Å². The molecule has 0 aliphatic heterocycles. The van der Waals surface area contributed by atoms with Crippen molar-refractivity contribution in [1.29, 1.82) is 0 Å². The molecule has 5 heteroatoms. The Hall–Kier alpha value is -3.21. The molecule has 0 radical (unpaired) electrons. The Morgan fingerprint density at radius 3 is 2.28 bits per heavy atom. The van der Waals surface area contributed by atoms with Gasteiger partial charge in [-0.05, 0) is 48.9 Å². The highest BCUT2D eigenvalue weighted by Crippen LogP contribution is 2.17. The van der Waals surface area contributed by atoms with E-state index in [4.69, 9.17) is 0 Å². The number of carbonyl (C=O) groups excluding carboxylic acids is 1. The lowest BCUT2D eigenvalue weighted by Gasteiger charge is -2.08. The van der Waals surface area contributed by atoms with Crippen molar-refractivity contribution < 1.29 is 9.18 Å². The summed E-state index contributed by atoms with van der Waals surface area (Å²) in [6.07, 6.45) is 1.92. The SMILES string of the molecule is Cc1ccc(CC(=O)Nc2ccc(Nc3ccc(F)cc3)cn2)cc1. The number of carbonyl (C=O) groups is 1. The van der Waals surface area contributed by atoms with Crippen LogP contribution in [0, 0.1) is 12.7 Å². The molecule has 1 aromatic heterocycles. The molecular formula is C20H18FN3O. The van der Waals surface area contributed by atoms with Crippen LogP contribution in [0.25, 0.3) is 0 Å². The van der Waals surface area contributed by atoms with Gasteiger partial charge in [0.2, 0.25) is 5.91 Å². The van der Waals surface area contributed by atoms with Gasteiger partial charge in [0.1, 0.15) is 11.6 Å². The molecule has 0 bridgehead atoms. The Kier molecular flexibility index (Phi) is 5.04. The van der Waals surface area contributed by atoms with Crippen molar-refractivity contribution >= 4 is 23.1 Å². The fourth-order valence-corrected chi connectivity index (χ4v) is 2.32. The summed E-state index contributed by atoms with van der Waals surface area (Å²) in [5, 5.41) is 5.89. The van der Waals surface area contributed by atoms with Gasteiger partial charge in [-0.1, -0.05) is 29.8 Å². The normalized spacial score (nSPS) is 10.3. The molecule has 2 aromatic carbocycles. The zero-order valence-corrected chi connectivity index (χ0v) is 13.8. The first-order chi connectivity index (χ1) is 12.1. The highest BCUT2D eigenvalue weighted by atomic mass is 19.1. The van der Waals surface area contributed by atoms with Crippen molar-refractivity contribution in [1.82, 2.24) is 4.98 Å². The van der Waals surface area contributed by atoms with E-state index in [1.807, 2.05) is 31.2 Å². The van der Waals surface area contributed by atoms with E-state index in [9.17, 15) is 9.18 Å². The number of hydrogen-bond donors (Lipinski definition) is 2. The molecule has 1 heterocycles. The van der Waals surface area contributed by atoms with Crippen LogP contribution in [0.4, 0.5) is 21.6 Å². The molecule has 2 N–H and O–H groups in total. The molecule has 0 saturated carbocycles. The van der Waals surface area contributed by atoms with Gasteiger partial charge >= 0.3 is 0 Å². The molecule has 25 heavy (non-hydrogen) atoms. The summed E-state index contributed by atoms with van der Waals surface area (Å²) in [6.45, 7) is 2.01. The minimum Gasteiger partial charge on any atom is -0.354 e. The quantitative estimate of drug-likeness (QED) is 0.724. The lowest BCUT2D eigenvalue weighted by molar-refractivity contribution is -0.115. The van der Waals surface area contributed by atoms with E-state index in [0.29, 0.717) is 12.2 Å². The third-order valence-corrected chi connectivity index (χ3v) is 3.65. The number of aromatic nitrogens is 1. The topological polar surface area (TPSA) is 54.0 Å². The summed E-state index contributed by atoms with van der Waals surface area (Å²) in [6, 6.07) is 17.4. The fraction of sp³-hybridized carbons (Fsp3) is 0.100. The van der Waals surface area contributed by atoms with Crippen LogP contribution in [0.5, 0.6) is 0 Å². The number of halogens is 1. The molecule has 126 valence electrons. The summed E-state index contributed by atoms with van der Waals surface area (Å²) in [7, 11) is 0. The van der Waals surface area contributed by atoms with Crippen LogP contribution < -0.4 is 10.6 Å². The molecule has 3 rings (SSSR count). The third-order valence-electron chi connectivity index (χ3n) is 3.65. The van der Waals surface area contributed by atoms with Crippen molar-refractivity contribution in [3.05, 3.63) is 83.8 Å². The first-order valence-corrected chi connectivity index (χ1v) is 7.92. The molecule has 0 unspecified atom stereocenters. The molecule has 4 nitrogen and oxygen atoms in total. The van der Waals surface area contributed by atoms with E-state index in [-0.39, 0.29) is 11.7 Å². The van der Waals surface area contributed by atoms with Crippen molar-refractivity contribution in [3.8, 4) is 0 Å². The van der Waals surface area contributed by atoms with Crippen LogP contribution >= 0.6 is 0 Å². The van der Waals surface area contributed by atoms with Crippen molar-refractivity contribution in [2.45, 2.75) is 13.3 Å². The average molecular weight is 335 g/mol. The Bertz CT molecular complexity index is 844. The van der Waals surface area contributed by atoms with Crippen LogP contribution in [0.1, 0.15) is 11.1 Å². The standard InChI is InChI=1S/C20H18FN3O/c1-14-2-4-15(5-3-14)12-20(25)24-19-11-10-18(13-22-19)23-17-8-6-16(21)7-9-17/h2-11,13,23H,12H2,1H3,(H,22,24,25). The van der Waals surface area contributed by atoms with Gasteiger partial charge in [-0.25, -0.2) is 9.37 Å². The van der Waals surface area contributed by atoms with Crippen LogP contribution in [0.2, 0.25) is 0 Å². The van der Waals surface area contributed by atoms with E-state index in [1.165, 1.54) is 12.1 Å². The number of rotatable bonds is 5. The Balaban J connectivity index is 1.57. The van der Waals surface area contributed by atoms with Crippen LogP contribution in [0.15, 0.2) is 66.9 Å². The second kappa shape index (κ2) is 7.57. The second-order valence-electron chi connectivity index (χ2n) is 5.77. The van der Waals surface area contributed by atoms with Crippen LogP contribution in [-0.2, 0) is 11.2 Å². The number of anilines is 3. The molecule has 1 amide bonds. The van der Waals surface area contributed by atoms with Gasteiger partial charge in [0.25, 0.3) is 0 Å². The largest absolute Gasteiger partial charge is 0.354 e. The van der Waals surface area contributed by atoms with Gasteiger partial charge in [0, 0.05) is 5.69 Å². The smallest absolute Gasteiger partial charge is 0.229 e. The summed E-state index contributed by atoms with van der Waals surface area (Å²) in [5.41, 5.74) is 3.63. The first-order valence-electron chi connectivity index (χ1n) is 7.92. The van der Waals surface area contributed by atoms with Crippen LogP contribution in [-0.4, -0.2) is 10.9 Å². The molecule has 0 aliphatic carbocycles. The molecule has 0 aliphatic rings. The first kappa shape index (κ1) is 16.6. The number of aryl methyl sites for hydroxylation is 1. The maximum atomic E-state index is 12.9. The molecule has 0 spiro atoms. The van der Waals surface area contributed by atoms with E-state index in [2.05, 4.69) is 15.6 Å². The van der Waals surface area contributed by atoms with Gasteiger partial charge in [0.05, 0.1) is 18.3 Å². The Morgan fingerprint density at radius 2 is 1.64 bits per heavy atom. The monoisotopic (exact) mass is 335 g/mol. The predicted molar refractivity (Wildman–Crippen MR) is 97.4 cm³/mol. The molecule has 3 aromatic rings. The van der Waals surface area contributed by atoms with Gasteiger partial charge in [-0.2, -0.15) is 0 Å². The maximum absolute atomic E-state index is 12.9. The van der Waals surface area contributed by atoms with Gasteiger partial charge in [-0.15, -0.1) is 0 Å². The summed E-state index contributed by atoms with van der Waals surface area (Å²) >= 11 is 0. The summed E-state index contributed by atoms with van der Waals surface area (Å²) < 4.78 is 12.9. The van der Waals surface area contributed by atoms with Gasteiger partial charge in [-0.3, -0.25) is 4.79 Å². The van der Waals surface area contributed by atoms with Crippen LogP contribution in [0.3, 0.4) is 0 Å². The van der Waals surface area contributed by atoms with Gasteiger partial charge < -0.3 is 10.6 Å². The van der Waals surface area contributed by atoms with Crippen molar-refractivity contribution in [2.24, 2.45) is 0 Å². The van der Waals surface area contributed by atoms with E-state index < -0.39 is 0 Å². The maximum Gasteiger partial charge on any atom is 0.229 e. The van der Waals surface area contributed by atoms with E-state index >= 15 is 0 Å². The summed E-state index contributed by atoms with van der Waals surface area (Å²) in [4.78, 5) is 16.3. The number of pyridine rings is 1. The zero-order valence-electron chi connectivity index (χ0n) is 13.8. The molecule has 0 atom stereocenters. The van der Waals surface area contributed by atoms with E-state index in [0.717, 1.165) is 22.5 Å². The average Bonchev–Trinajstić information content (AvgIpc) is 2.61. The van der Waals surface area contributed by atoms with E-state index in [1.54, 1.807) is 30.5 Å².